The molecule has 2 rings (SSSR count). The van der Waals surface area contributed by atoms with E-state index in [-0.39, 0.29) is 4.87 Å². The smallest absolute Gasteiger partial charge is 0.305 e. The summed E-state index contributed by atoms with van der Waals surface area (Å²) < 4.78 is 0. The van der Waals surface area contributed by atoms with Crippen LogP contribution in [0.4, 0.5) is 0 Å². The van der Waals surface area contributed by atoms with Gasteiger partial charge in [0.15, 0.2) is 0 Å². The molecule has 1 heterocycles. The maximum absolute atomic E-state index is 11.3. The van der Waals surface area contributed by atoms with E-state index >= 15 is 0 Å². The standard InChI is InChI=1S/C11H10ClNOS/c1-2-9-10(13-11(14)15-9)7-4-3-5-8(12)6-7/h3-6H,2H2,1H3,(H,13,14). The molecule has 2 aromatic rings. The minimum atomic E-state index is -0.0122. The minimum absolute atomic E-state index is 0.0122. The van der Waals surface area contributed by atoms with Crippen molar-refractivity contribution in [3.63, 3.8) is 0 Å². The molecule has 0 fully saturated rings. The summed E-state index contributed by atoms with van der Waals surface area (Å²) in [7, 11) is 0. The molecule has 0 saturated carbocycles. The lowest BCUT2D eigenvalue weighted by molar-refractivity contribution is 1.17. The summed E-state index contributed by atoms with van der Waals surface area (Å²) in [5.74, 6) is 0. The SMILES string of the molecule is CCc1sc(=O)[nH]c1-c1cccc(Cl)c1. The summed E-state index contributed by atoms with van der Waals surface area (Å²) in [6.45, 7) is 2.03. The quantitative estimate of drug-likeness (QED) is 0.857. The third kappa shape index (κ3) is 2.13. The van der Waals surface area contributed by atoms with E-state index in [1.165, 1.54) is 11.3 Å². The predicted octanol–water partition coefficient (Wildman–Crippen LogP) is 3.32. The van der Waals surface area contributed by atoms with E-state index < -0.39 is 0 Å². The first-order chi connectivity index (χ1) is 7.20. The van der Waals surface area contributed by atoms with Crippen molar-refractivity contribution in [2.24, 2.45) is 0 Å². The van der Waals surface area contributed by atoms with Crippen LogP contribution in [0.15, 0.2) is 29.1 Å². The highest BCUT2D eigenvalue weighted by atomic mass is 35.5. The van der Waals surface area contributed by atoms with Crippen LogP contribution in [-0.2, 0) is 6.42 Å². The van der Waals surface area contributed by atoms with E-state index in [2.05, 4.69) is 4.98 Å². The largest absolute Gasteiger partial charge is 0.312 e. The summed E-state index contributed by atoms with van der Waals surface area (Å²) in [6, 6.07) is 7.51. The van der Waals surface area contributed by atoms with Gasteiger partial charge in [-0.15, -0.1) is 0 Å². The van der Waals surface area contributed by atoms with Gasteiger partial charge < -0.3 is 4.98 Å². The molecular formula is C11H10ClNOS. The molecule has 0 saturated heterocycles. The summed E-state index contributed by atoms with van der Waals surface area (Å²) in [4.78, 5) is 15.2. The second kappa shape index (κ2) is 4.21. The molecule has 0 atom stereocenters. The first kappa shape index (κ1) is 10.5. The van der Waals surface area contributed by atoms with Gasteiger partial charge in [-0.1, -0.05) is 42.0 Å². The fourth-order valence-electron chi connectivity index (χ4n) is 1.49. The number of aryl methyl sites for hydroxylation is 1. The number of hydrogen-bond acceptors (Lipinski definition) is 2. The van der Waals surface area contributed by atoms with E-state index in [0.717, 1.165) is 22.6 Å². The molecule has 0 radical (unpaired) electrons. The van der Waals surface area contributed by atoms with Gasteiger partial charge in [-0.2, -0.15) is 0 Å². The fourth-order valence-corrected chi connectivity index (χ4v) is 2.47. The molecule has 78 valence electrons. The van der Waals surface area contributed by atoms with Crippen LogP contribution in [0, 0.1) is 0 Å². The molecule has 0 spiro atoms. The van der Waals surface area contributed by atoms with Gasteiger partial charge in [0.05, 0.1) is 5.69 Å². The minimum Gasteiger partial charge on any atom is -0.312 e. The molecule has 0 aliphatic rings. The Morgan fingerprint density at radius 3 is 2.93 bits per heavy atom. The Bertz CT molecular complexity index is 529. The topological polar surface area (TPSA) is 32.9 Å². The number of rotatable bonds is 2. The summed E-state index contributed by atoms with van der Waals surface area (Å²) in [5, 5.41) is 0.682. The molecule has 1 aromatic heterocycles. The zero-order valence-electron chi connectivity index (χ0n) is 8.21. The average molecular weight is 240 g/mol. The number of aromatic amines is 1. The third-order valence-corrected chi connectivity index (χ3v) is 3.42. The molecule has 15 heavy (non-hydrogen) atoms. The number of aromatic nitrogens is 1. The van der Waals surface area contributed by atoms with Gasteiger partial charge in [0.2, 0.25) is 0 Å². The maximum Gasteiger partial charge on any atom is 0.305 e. The van der Waals surface area contributed by atoms with Crippen LogP contribution in [0.2, 0.25) is 5.02 Å². The number of benzene rings is 1. The van der Waals surface area contributed by atoms with Gasteiger partial charge in [-0.25, -0.2) is 0 Å². The molecule has 0 aliphatic heterocycles. The Labute approximate surface area is 96.5 Å². The molecule has 2 nitrogen and oxygen atoms in total. The van der Waals surface area contributed by atoms with Crippen molar-refractivity contribution < 1.29 is 0 Å². The van der Waals surface area contributed by atoms with Gasteiger partial charge in [-0.05, 0) is 18.6 Å². The van der Waals surface area contributed by atoms with E-state index in [9.17, 15) is 4.79 Å². The van der Waals surface area contributed by atoms with Crippen LogP contribution in [0.3, 0.4) is 0 Å². The van der Waals surface area contributed by atoms with Crippen LogP contribution in [0.5, 0.6) is 0 Å². The summed E-state index contributed by atoms with van der Waals surface area (Å²) in [6.07, 6.45) is 0.852. The van der Waals surface area contributed by atoms with Crippen molar-refractivity contribution in [2.75, 3.05) is 0 Å². The molecule has 4 heteroatoms. The van der Waals surface area contributed by atoms with Gasteiger partial charge in [0.25, 0.3) is 0 Å². The van der Waals surface area contributed by atoms with Crippen LogP contribution in [-0.4, -0.2) is 4.98 Å². The highest BCUT2D eigenvalue weighted by Gasteiger charge is 2.08. The highest BCUT2D eigenvalue weighted by Crippen LogP contribution is 2.25. The Kier molecular flexibility index (Phi) is 2.93. The Hall–Kier alpha value is -1.06. The van der Waals surface area contributed by atoms with Crippen molar-refractivity contribution in [1.29, 1.82) is 0 Å². The number of H-pyrrole nitrogens is 1. The molecule has 1 aromatic carbocycles. The molecule has 0 amide bonds. The lowest BCUT2D eigenvalue weighted by Crippen LogP contribution is -1.92. The molecule has 0 aliphatic carbocycles. The van der Waals surface area contributed by atoms with E-state index in [0.29, 0.717) is 5.02 Å². The van der Waals surface area contributed by atoms with Gasteiger partial charge in [0, 0.05) is 15.5 Å². The van der Waals surface area contributed by atoms with Crippen LogP contribution in [0.1, 0.15) is 11.8 Å². The number of nitrogens with one attached hydrogen (secondary N) is 1. The van der Waals surface area contributed by atoms with Gasteiger partial charge in [0.1, 0.15) is 0 Å². The lowest BCUT2D eigenvalue weighted by Gasteiger charge is -2.01. The van der Waals surface area contributed by atoms with E-state index in [1.54, 1.807) is 0 Å². The predicted molar refractivity (Wildman–Crippen MR) is 64.8 cm³/mol. The maximum atomic E-state index is 11.3. The Morgan fingerprint density at radius 1 is 1.47 bits per heavy atom. The van der Waals surface area contributed by atoms with Gasteiger partial charge in [-0.3, -0.25) is 4.79 Å². The number of halogens is 1. The van der Waals surface area contributed by atoms with Crippen molar-refractivity contribution >= 4 is 22.9 Å². The Morgan fingerprint density at radius 2 is 2.27 bits per heavy atom. The molecule has 0 bridgehead atoms. The monoisotopic (exact) mass is 239 g/mol. The first-order valence-electron chi connectivity index (χ1n) is 4.68. The van der Waals surface area contributed by atoms with Crippen molar-refractivity contribution in [1.82, 2.24) is 4.98 Å². The van der Waals surface area contributed by atoms with Crippen molar-refractivity contribution in [3.05, 3.63) is 43.8 Å². The number of hydrogen-bond donors (Lipinski definition) is 1. The second-order valence-corrected chi connectivity index (χ2v) is 4.68. The van der Waals surface area contributed by atoms with E-state index in [4.69, 9.17) is 11.6 Å². The molecule has 0 unspecified atom stereocenters. The Balaban J connectivity index is 2.57. The molecule has 1 N–H and O–H groups in total. The van der Waals surface area contributed by atoms with Crippen LogP contribution >= 0.6 is 22.9 Å². The third-order valence-electron chi connectivity index (χ3n) is 2.16. The zero-order chi connectivity index (χ0) is 10.8. The summed E-state index contributed by atoms with van der Waals surface area (Å²) >= 11 is 7.17. The normalized spacial score (nSPS) is 10.5. The van der Waals surface area contributed by atoms with E-state index in [1.807, 2.05) is 31.2 Å². The summed E-state index contributed by atoms with van der Waals surface area (Å²) in [5.41, 5.74) is 1.87. The second-order valence-electron chi connectivity index (χ2n) is 3.18. The van der Waals surface area contributed by atoms with Crippen molar-refractivity contribution in [2.45, 2.75) is 13.3 Å². The zero-order valence-corrected chi connectivity index (χ0v) is 9.78. The molecular weight excluding hydrogens is 230 g/mol. The first-order valence-corrected chi connectivity index (χ1v) is 5.88. The lowest BCUT2D eigenvalue weighted by atomic mass is 10.1. The fraction of sp³-hybridized carbons (Fsp3) is 0.182. The van der Waals surface area contributed by atoms with Crippen LogP contribution in [0.25, 0.3) is 11.3 Å². The average Bonchev–Trinajstić information content (AvgIpc) is 2.59. The van der Waals surface area contributed by atoms with Crippen molar-refractivity contribution in [3.8, 4) is 11.3 Å². The van der Waals surface area contributed by atoms with Gasteiger partial charge >= 0.3 is 4.87 Å². The highest BCUT2D eigenvalue weighted by molar-refractivity contribution is 7.09. The number of thiazole rings is 1. The van der Waals surface area contributed by atoms with Crippen LogP contribution < -0.4 is 4.87 Å².